The Hall–Kier alpha value is -2.22. The summed E-state index contributed by atoms with van der Waals surface area (Å²) in [5.41, 5.74) is 5.64. The second-order valence-electron chi connectivity index (χ2n) is 6.00. The van der Waals surface area contributed by atoms with E-state index >= 15 is 0 Å². The van der Waals surface area contributed by atoms with Crippen molar-refractivity contribution in [2.24, 2.45) is 11.7 Å². The predicted octanol–water partition coefficient (Wildman–Crippen LogP) is 1.60. The third kappa shape index (κ3) is 3.33. The van der Waals surface area contributed by atoms with E-state index in [1.807, 2.05) is 6.07 Å². The van der Waals surface area contributed by atoms with Crippen molar-refractivity contribution in [1.29, 1.82) is 0 Å². The van der Waals surface area contributed by atoms with E-state index in [4.69, 9.17) is 5.73 Å². The van der Waals surface area contributed by atoms with Crippen molar-refractivity contribution < 1.29 is 14.0 Å². The second kappa shape index (κ2) is 6.72. The van der Waals surface area contributed by atoms with E-state index in [-0.39, 0.29) is 30.1 Å². The predicted molar refractivity (Wildman–Crippen MR) is 91.3 cm³/mol. The summed E-state index contributed by atoms with van der Waals surface area (Å²) in [7, 11) is 1.77. The van der Waals surface area contributed by atoms with Crippen LogP contribution in [0.4, 0.5) is 9.52 Å². The summed E-state index contributed by atoms with van der Waals surface area (Å²) in [6.45, 7) is 1.24. The van der Waals surface area contributed by atoms with Gasteiger partial charge in [-0.1, -0.05) is 17.4 Å². The van der Waals surface area contributed by atoms with Crippen LogP contribution >= 0.6 is 11.3 Å². The molecule has 3 rings (SSSR count). The van der Waals surface area contributed by atoms with Crippen LogP contribution in [0, 0.1) is 11.7 Å². The van der Waals surface area contributed by atoms with E-state index in [0.717, 1.165) is 4.70 Å². The van der Waals surface area contributed by atoms with Gasteiger partial charge in [-0.15, -0.1) is 0 Å². The molecular formula is C16H19FN4O2S. The molecule has 2 aromatic rings. The van der Waals surface area contributed by atoms with Gasteiger partial charge >= 0.3 is 0 Å². The minimum atomic E-state index is -0.358. The molecule has 1 aliphatic rings. The summed E-state index contributed by atoms with van der Waals surface area (Å²) in [6.07, 6.45) is 1.22. The maximum Gasteiger partial charge on any atom is 0.242 e. The number of halogens is 1. The number of rotatable bonds is 4. The van der Waals surface area contributed by atoms with Crippen molar-refractivity contribution >= 4 is 38.5 Å². The average Bonchev–Trinajstić information content (AvgIpc) is 3.00. The van der Waals surface area contributed by atoms with E-state index in [1.165, 1.54) is 17.4 Å². The largest absolute Gasteiger partial charge is 0.369 e. The Balaban J connectivity index is 1.63. The average molecular weight is 350 g/mol. The Kier molecular flexibility index (Phi) is 4.66. The van der Waals surface area contributed by atoms with Crippen LogP contribution in [-0.2, 0) is 9.59 Å². The van der Waals surface area contributed by atoms with E-state index in [1.54, 1.807) is 22.9 Å². The van der Waals surface area contributed by atoms with Crippen LogP contribution in [0.2, 0.25) is 0 Å². The summed E-state index contributed by atoms with van der Waals surface area (Å²) >= 11 is 1.36. The lowest BCUT2D eigenvalue weighted by Gasteiger charge is -2.31. The van der Waals surface area contributed by atoms with E-state index in [2.05, 4.69) is 4.98 Å². The van der Waals surface area contributed by atoms with Gasteiger partial charge in [0.15, 0.2) is 5.13 Å². The fourth-order valence-corrected chi connectivity index (χ4v) is 3.79. The highest BCUT2D eigenvalue weighted by Crippen LogP contribution is 2.29. The molecule has 1 aliphatic heterocycles. The number of nitrogens with two attached hydrogens (primary N) is 1. The summed E-state index contributed by atoms with van der Waals surface area (Å²) in [6, 6.07) is 4.83. The van der Waals surface area contributed by atoms with Gasteiger partial charge in [0.25, 0.3) is 0 Å². The standard InChI is InChI=1S/C16H19FN4O2S/c1-20(16-19-14-11(17)3-2-4-12(14)24-16)9-13(22)21-7-5-10(6-8-21)15(18)23/h2-4,10H,5-9H2,1H3,(H2,18,23). The van der Waals surface area contributed by atoms with Gasteiger partial charge in [0.1, 0.15) is 11.3 Å². The number of anilines is 1. The van der Waals surface area contributed by atoms with Gasteiger partial charge in [0.05, 0.1) is 11.2 Å². The number of thiazole rings is 1. The highest BCUT2D eigenvalue weighted by atomic mass is 32.1. The van der Waals surface area contributed by atoms with E-state index in [9.17, 15) is 14.0 Å². The first kappa shape index (κ1) is 16.6. The van der Waals surface area contributed by atoms with Crippen LogP contribution in [0.15, 0.2) is 18.2 Å². The van der Waals surface area contributed by atoms with Gasteiger partial charge in [-0.25, -0.2) is 9.37 Å². The Labute approximate surface area is 143 Å². The molecule has 24 heavy (non-hydrogen) atoms. The number of fused-ring (bicyclic) bond motifs is 1. The molecule has 0 radical (unpaired) electrons. The molecule has 2 heterocycles. The number of likely N-dealkylation sites (tertiary alicyclic amines) is 1. The molecule has 0 saturated carbocycles. The molecule has 0 bridgehead atoms. The summed E-state index contributed by atoms with van der Waals surface area (Å²) < 4.78 is 14.5. The number of nitrogens with zero attached hydrogens (tertiary/aromatic N) is 3. The molecule has 2 N–H and O–H groups in total. The molecule has 0 atom stereocenters. The third-order valence-corrected chi connectivity index (χ3v) is 5.44. The zero-order valence-electron chi connectivity index (χ0n) is 13.4. The first-order chi connectivity index (χ1) is 11.5. The number of hydrogen-bond acceptors (Lipinski definition) is 5. The molecule has 0 spiro atoms. The van der Waals surface area contributed by atoms with Crippen molar-refractivity contribution in [1.82, 2.24) is 9.88 Å². The smallest absolute Gasteiger partial charge is 0.242 e. The van der Waals surface area contributed by atoms with Crippen molar-refractivity contribution in [2.75, 3.05) is 31.6 Å². The van der Waals surface area contributed by atoms with Gasteiger partial charge in [-0.05, 0) is 25.0 Å². The summed E-state index contributed by atoms with van der Waals surface area (Å²) in [4.78, 5) is 31.3. The number of para-hydroxylation sites is 1. The Bertz CT molecular complexity index is 771. The maximum atomic E-state index is 13.7. The number of carbonyl (C=O) groups is 2. The molecule has 1 fully saturated rings. The Morgan fingerprint density at radius 3 is 2.75 bits per heavy atom. The zero-order valence-corrected chi connectivity index (χ0v) is 14.2. The lowest BCUT2D eigenvalue weighted by molar-refractivity contribution is -0.133. The topological polar surface area (TPSA) is 79.5 Å². The van der Waals surface area contributed by atoms with Crippen molar-refractivity contribution in [3.63, 3.8) is 0 Å². The van der Waals surface area contributed by atoms with Crippen LogP contribution < -0.4 is 10.6 Å². The molecule has 1 aromatic carbocycles. The molecule has 2 amide bonds. The van der Waals surface area contributed by atoms with Gasteiger partial charge < -0.3 is 15.5 Å². The monoisotopic (exact) mass is 350 g/mol. The molecule has 1 saturated heterocycles. The molecule has 128 valence electrons. The van der Waals surface area contributed by atoms with E-state index < -0.39 is 0 Å². The molecule has 6 nitrogen and oxygen atoms in total. The number of aromatic nitrogens is 1. The Morgan fingerprint density at radius 2 is 2.12 bits per heavy atom. The zero-order chi connectivity index (χ0) is 17.3. The normalized spacial score (nSPS) is 15.7. The fourth-order valence-electron chi connectivity index (χ4n) is 2.85. The number of primary amides is 1. The number of benzene rings is 1. The van der Waals surface area contributed by atoms with Crippen LogP contribution in [-0.4, -0.2) is 48.4 Å². The number of carbonyl (C=O) groups excluding carboxylic acids is 2. The summed E-state index contributed by atoms with van der Waals surface area (Å²) in [5.74, 6) is -0.821. The van der Waals surface area contributed by atoms with E-state index in [0.29, 0.717) is 36.6 Å². The first-order valence-corrected chi connectivity index (χ1v) is 8.60. The Morgan fingerprint density at radius 1 is 1.42 bits per heavy atom. The molecule has 8 heteroatoms. The van der Waals surface area contributed by atoms with Crippen molar-refractivity contribution in [3.05, 3.63) is 24.0 Å². The molecule has 1 aromatic heterocycles. The van der Waals surface area contributed by atoms with Crippen molar-refractivity contribution in [2.45, 2.75) is 12.8 Å². The van der Waals surface area contributed by atoms with Crippen LogP contribution in [0.25, 0.3) is 10.2 Å². The van der Waals surface area contributed by atoms with Gasteiger partial charge in [0.2, 0.25) is 11.8 Å². The first-order valence-electron chi connectivity index (χ1n) is 7.79. The van der Waals surface area contributed by atoms with Gasteiger partial charge in [-0.3, -0.25) is 9.59 Å². The number of amides is 2. The molecule has 0 aliphatic carbocycles. The fraction of sp³-hybridized carbons (Fsp3) is 0.438. The number of piperidine rings is 1. The van der Waals surface area contributed by atoms with Crippen molar-refractivity contribution in [3.8, 4) is 0 Å². The number of likely N-dealkylation sites (N-methyl/N-ethyl adjacent to an activating group) is 1. The third-order valence-electron chi connectivity index (χ3n) is 4.31. The molecular weight excluding hydrogens is 331 g/mol. The quantitative estimate of drug-likeness (QED) is 0.908. The summed E-state index contributed by atoms with van der Waals surface area (Å²) in [5, 5.41) is 0.607. The molecule has 0 unspecified atom stereocenters. The van der Waals surface area contributed by atoms with Crippen LogP contribution in [0.1, 0.15) is 12.8 Å². The lowest BCUT2D eigenvalue weighted by atomic mass is 9.96. The lowest BCUT2D eigenvalue weighted by Crippen LogP contribution is -2.45. The minimum absolute atomic E-state index is 0.0276. The van der Waals surface area contributed by atoms with Gasteiger partial charge in [0, 0.05) is 26.1 Å². The highest BCUT2D eigenvalue weighted by molar-refractivity contribution is 7.22. The highest BCUT2D eigenvalue weighted by Gasteiger charge is 2.26. The van der Waals surface area contributed by atoms with Crippen LogP contribution in [0.3, 0.4) is 0 Å². The maximum absolute atomic E-state index is 13.7. The van der Waals surface area contributed by atoms with Crippen LogP contribution in [0.5, 0.6) is 0 Å². The second-order valence-corrected chi connectivity index (χ2v) is 7.01. The van der Waals surface area contributed by atoms with Gasteiger partial charge in [-0.2, -0.15) is 0 Å². The minimum Gasteiger partial charge on any atom is -0.369 e. The number of hydrogen-bond donors (Lipinski definition) is 1. The SMILES string of the molecule is CN(CC(=O)N1CCC(C(N)=O)CC1)c1nc2c(F)cccc2s1.